The Morgan fingerprint density at radius 1 is 1.40 bits per heavy atom. The number of rotatable bonds is 3. The minimum absolute atomic E-state index is 0.149. The molecule has 1 aliphatic heterocycles. The third kappa shape index (κ3) is 2.52. The molecule has 1 amide bonds. The normalized spacial score (nSPS) is 13.9. The number of aromatic nitrogens is 2. The molecule has 2 aromatic rings. The number of amides is 1. The van der Waals surface area contributed by atoms with Gasteiger partial charge in [-0.1, -0.05) is 12.1 Å². The Bertz CT molecular complexity index is 604. The molecular formula is C15H17N3O2. The predicted octanol–water partition coefficient (Wildman–Crippen LogP) is 1.55. The minimum atomic E-state index is 0.149. The summed E-state index contributed by atoms with van der Waals surface area (Å²) >= 11 is 0. The summed E-state index contributed by atoms with van der Waals surface area (Å²) in [5, 5.41) is 0. The van der Waals surface area contributed by atoms with Crippen molar-refractivity contribution in [1.82, 2.24) is 14.9 Å². The van der Waals surface area contributed by atoms with Crippen molar-refractivity contribution in [3.05, 3.63) is 47.5 Å². The lowest BCUT2D eigenvalue weighted by Crippen LogP contribution is -2.37. The number of nitrogens with one attached hydrogen (secondary N) is 1. The highest BCUT2D eigenvalue weighted by Crippen LogP contribution is 2.17. The van der Waals surface area contributed by atoms with Crippen LogP contribution in [0, 0.1) is 0 Å². The number of fused-ring (bicyclic) bond motifs is 1. The number of methoxy groups -OCH3 is 1. The molecule has 0 atom stereocenters. The van der Waals surface area contributed by atoms with Gasteiger partial charge in [0.2, 0.25) is 5.91 Å². The number of carbonyl (C=O) groups is 1. The van der Waals surface area contributed by atoms with Gasteiger partial charge < -0.3 is 14.6 Å². The highest BCUT2D eigenvalue weighted by Gasteiger charge is 2.22. The fraction of sp³-hybridized carbons (Fsp3) is 0.333. The summed E-state index contributed by atoms with van der Waals surface area (Å²) in [6.07, 6.45) is 2.95. The number of H-pyrrole nitrogens is 1. The lowest BCUT2D eigenvalue weighted by Gasteiger charge is -2.26. The van der Waals surface area contributed by atoms with E-state index in [1.165, 1.54) is 0 Å². The molecule has 0 saturated heterocycles. The molecule has 104 valence electrons. The van der Waals surface area contributed by atoms with E-state index in [-0.39, 0.29) is 5.91 Å². The highest BCUT2D eigenvalue weighted by atomic mass is 16.5. The number of carbonyl (C=O) groups excluding carboxylic acids is 1. The first-order chi connectivity index (χ1) is 9.76. The fourth-order valence-corrected chi connectivity index (χ4v) is 2.46. The van der Waals surface area contributed by atoms with Gasteiger partial charge in [-0.2, -0.15) is 0 Å². The van der Waals surface area contributed by atoms with Crippen molar-refractivity contribution in [3.63, 3.8) is 0 Å². The topological polar surface area (TPSA) is 58.2 Å². The SMILES string of the molecule is COc1ccc(CC(=O)N2CCc3nc[nH]c3C2)cc1. The highest BCUT2D eigenvalue weighted by molar-refractivity contribution is 5.79. The molecule has 20 heavy (non-hydrogen) atoms. The number of imidazole rings is 1. The smallest absolute Gasteiger partial charge is 0.227 e. The van der Waals surface area contributed by atoms with Crippen LogP contribution >= 0.6 is 0 Å². The van der Waals surface area contributed by atoms with E-state index in [0.717, 1.165) is 35.7 Å². The van der Waals surface area contributed by atoms with E-state index in [1.54, 1.807) is 13.4 Å². The first-order valence-corrected chi connectivity index (χ1v) is 6.68. The molecule has 0 saturated carbocycles. The van der Waals surface area contributed by atoms with E-state index in [0.29, 0.717) is 13.0 Å². The summed E-state index contributed by atoms with van der Waals surface area (Å²) in [5.41, 5.74) is 3.14. The molecule has 1 aromatic heterocycles. The molecule has 0 spiro atoms. The van der Waals surface area contributed by atoms with Gasteiger partial charge in [0.15, 0.2) is 0 Å². The molecule has 0 aliphatic carbocycles. The van der Waals surface area contributed by atoms with Gasteiger partial charge in [-0.15, -0.1) is 0 Å². The van der Waals surface area contributed by atoms with Crippen molar-refractivity contribution in [2.45, 2.75) is 19.4 Å². The van der Waals surface area contributed by atoms with Gasteiger partial charge in [0, 0.05) is 13.0 Å². The van der Waals surface area contributed by atoms with Crippen LogP contribution in [-0.4, -0.2) is 34.4 Å². The predicted molar refractivity (Wildman–Crippen MR) is 74.4 cm³/mol. The van der Waals surface area contributed by atoms with Crippen LogP contribution in [0.1, 0.15) is 17.0 Å². The van der Waals surface area contributed by atoms with Gasteiger partial charge in [0.05, 0.1) is 37.8 Å². The molecule has 2 heterocycles. The molecule has 5 heteroatoms. The van der Waals surface area contributed by atoms with Crippen molar-refractivity contribution in [3.8, 4) is 5.75 Å². The second-order valence-electron chi connectivity index (χ2n) is 4.92. The summed E-state index contributed by atoms with van der Waals surface area (Å²) in [6.45, 7) is 1.37. The molecule has 0 unspecified atom stereocenters. The van der Waals surface area contributed by atoms with Crippen molar-refractivity contribution in [2.75, 3.05) is 13.7 Å². The molecule has 0 bridgehead atoms. The lowest BCUT2D eigenvalue weighted by atomic mass is 10.1. The lowest BCUT2D eigenvalue weighted by molar-refractivity contribution is -0.131. The van der Waals surface area contributed by atoms with Gasteiger partial charge in [-0.3, -0.25) is 4.79 Å². The maximum atomic E-state index is 12.3. The molecule has 1 aliphatic rings. The van der Waals surface area contributed by atoms with Gasteiger partial charge in [0.25, 0.3) is 0 Å². The van der Waals surface area contributed by atoms with Crippen molar-refractivity contribution in [2.24, 2.45) is 0 Å². The van der Waals surface area contributed by atoms with Crippen LogP contribution in [0.4, 0.5) is 0 Å². The Balaban J connectivity index is 1.65. The molecular weight excluding hydrogens is 254 g/mol. The standard InChI is InChI=1S/C15H17N3O2/c1-20-12-4-2-11(3-5-12)8-15(19)18-7-6-13-14(9-18)17-10-16-13/h2-5,10H,6-9H2,1H3,(H,16,17). The monoisotopic (exact) mass is 271 g/mol. The fourth-order valence-electron chi connectivity index (χ4n) is 2.46. The zero-order chi connectivity index (χ0) is 13.9. The Kier molecular flexibility index (Phi) is 3.41. The molecule has 1 N–H and O–H groups in total. The van der Waals surface area contributed by atoms with E-state index in [2.05, 4.69) is 9.97 Å². The van der Waals surface area contributed by atoms with Gasteiger partial charge >= 0.3 is 0 Å². The van der Waals surface area contributed by atoms with Crippen LogP contribution in [0.2, 0.25) is 0 Å². The minimum Gasteiger partial charge on any atom is -0.497 e. The van der Waals surface area contributed by atoms with Crippen LogP contribution in [0.15, 0.2) is 30.6 Å². The van der Waals surface area contributed by atoms with Crippen molar-refractivity contribution in [1.29, 1.82) is 0 Å². The van der Waals surface area contributed by atoms with E-state index < -0.39 is 0 Å². The maximum Gasteiger partial charge on any atom is 0.227 e. The Labute approximate surface area is 117 Å². The molecule has 0 radical (unpaired) electrons. The number of ether oxygens (including phenoxy) is 1. The number of hydrogen-bond acceptors (Lipinski definition) is 3. The van der Waals surface area contributed by atoms with E-state index in [1.807, 2.05) is 29.2 Å². The summed E-state index contributed by atoms with van der Waals surface area (Å²) in [5.74, 6) is 0.955. The van der Waals surface area contributed by atoms with Crippen molar-refractivity contribution >= 4 is 5.91 Å². The summed E-state index contributed by atoms with van der Waals surface area (Å²) in [6, 6.07) is 7.63. The van der Waals surface area contributed by atoms with Crippen LogP contribution < -0.4 is 4.74 Å². The first-order valence-electron chi connectivity index (χ1n) is 6.68. The zero-order valence-corrected chi connectivity index (χ0v) is 11.4. The van der Waals surface area contributed by atoms with Crippen LogP contribution in [-0.2, 0) is 24.2 Å². The maximum absolute atomic E-state index is 12.3. The average molecular weight is 271 g/mol. The third-order valence-corrected chi connectivity index (χ3v) is 3.64. The Morgan fingerprint density at radius 3 is 2.95 bits per heavy atom. The number of nitrogens with zero attached hydrogens (tertiary/aromatic N) is 2. The van der Waals surface area contributed by atoms with Gasteiger partial charge in [-0.25, -0.2) is 4.98 Å². The first kappa shape index (κ1) is 12.7. The number of aromatic amines is 1. The van der Waals surface area contributed by atoms with Crippen molar-refractivity contribution < 1.29 is 9.53 Å². The zero-order valence-electron chi connectivity index (χ0n) is 11.4. The molecule has 0 fully saturated rings. The van der Waals surface area contributed by atoms with Crippen LogP contribution in [0.5, 0.6) is 5.75 Å². The number of benzene rings is 1. The van der Waals surface area contributed by atoms with Gasteiger partial charge in [0.1, 0.15) is 5.75 Å². The van der Waals surface area contributed by atoms with Gasteiger partial charge in [-0.05, 0) is 17.7 Å². The Hall–Kier alpha value is -2.30. The number of hydrogen-bond donors (Lipinski definition) is 1. The van der Waals surface area contributed by atoms with E-state index in [4.69, 9.17) is 4.74 Å². The summed E-state index contributed by atoms with van der Waals surface area (Å²) in [7, 11) is 1.63. The molecule has 5 nitrogen and oxygen atoms in total. The van der Waals surface area contributed by atoms with E-state index >= 15 is 0 Å². The third-order valence-electron chi connectivity index (χ3n) is 3.64. The van der Waals surface area contributed by atoms with Crippen LogP contribution in [0.3, 0.4) is 0 Å². The summed E-state index contributed by atoms with van der Waals surface area (Å²) in [4.78, 5) is 21.5. The largest absolute Gasteiger partial charge is 0.497 e. The molecule has 1 aromatic carbocycles. The van der Waals surface area contributed by atoms with E-state index in [9.17, 15) is 4.79 Å². The molecule has 3 rings (SSSR count). The van der Waals surface area contributed by atoms with Crippen LogP contribution in [0.25, 0.3) is 0 Å². The quantitative estimate of drug-likeness (QED) is 0.921. The second-order valence-corrected chi connectivity index (χ2v) is 4.92. The Morgan fingerprint density at radius 2 is 2.20 bits per heavy atom. The summed E-state index contributed by atoms with van der Waals surface area (Å²) < 4.78 is 5.11. The average Bonchev–Trinajstić information content (AvgIpc) is 2.95. The second kappa shape index (κ2) is 5.36.